The van der Waals surface area contributed by atoms with Crippen molar-refractivity contribution in [1.29, 1.82) is 0 Å². The second-order valence-corrected chi connectivity index (χ2v) is 12.5. The van der Waals surface area contributed by atoms with E-state index in [2.05, 4.69) is 161 Å². The standard InChI is InChI=1S/C44H26N2O/c1-2-13-28(14-3-1)45-37-20-10-8-18-32(37)34-22-23-36-41-38(25-24-35-33-19-9-11-21-40(33)47-44(35)41)46(43(36)42(34)45)39-26-27-12-4-5-15-29(27)30-16-6-7-17-31(30)39/h1-26H. The molecule has 0 saturated heterocycles. The van der Waals surface area contributed by atoms with Crippen molar-refractivity contribution in [3.05, 3.63) is 158 Å². The molecule has 0 atom stereocenters. The Morgan fingerprint density at radius 1 is 0.383 bits per heavy atom. The number of hydrogen-bond acceptors (Lipinski definition) is 1. The summed E-state index contributed by atoms with van der Waals surface area (Å²) >= 11 is 0. The third-order valence-electron chi connectivity index (χ3n) is 10.1. The molecule has 0 saturated carbocycles. The second kappa shape index (κ2) is 9.12. The van der Waals surface area contributed by atoms with Gasteiger partial charge in [0, 0.05) is 38.0 Å². The van der Waals surface area contributed by atoms with Gasteiger partial charge in [0.2, 0.25) is 0 Å². The number of furan rings is 1. The molecule has 47 heavy (non-hydrogen) atoms. The zero-order valence-electron chi connectivity index (χ0n) is 25.3. The van der Waals surface area contributed by atoms with Crippen LogP contribution in [-0.4, -0.2) is 9.13 Å². The first-order chi connectivity index (χ1) is 23.3. The number of nitrogens with zero attached hydrogens (tertiary/aromatic N) is 2. The molecule has 0 aliphatic rings. The van der Waals surface area contributed by atoms with Gasteiger partial charge in [0.1, 0.15) is 11.2 Å². The first-order valence-electron chi connectivity index (χ1n) is 16.1. The predicted molar refractivity (Wildman–Crippen MR) is 197 cm³/mol. The van der Waals surface area contributed by atoms with Crippen LogP contribution in [0, 0.1) is 0 Å². The molecule has 3 heteroatoms. The highest BCUT2D eigenvalue weighted by Crippen LogP contribution is 2.46. The Hall–Kier alpha value is -6.32. The summed E-state index contributed by atoms with van der Waals surface area (Å²) in [6.45, 7) is 0. The summed E-state index contributed by atoms with van der Waals surface area (Å²) < 4.78 is 11.7. The van der Waals surface area contributed by atoms with Crippen molar-refractivity contribution >= 4 is 87.1 Å². The zero-order valence-corrected chi connectivity index (χ0v) is 25.3. The summed E-state index contributed by atoms with van der Waals surface area (Å²) in [7, 11) is 0. The molecule has 11 aromatic rings. The molecule has 0 aliphatic carbocycles. The van der Waals surface area contributed by atoms with Gasteiger partial charge in [0.15, 0.2) is 0 Å². The maximum Gasteiger partial charge on any atom is 0.145 e. The Morgan fingerprint density at radius 3 is 1.89 bits per heavy atom. The summed E-state index contributed by atoms with van der Waals surface area (Å²) in [5, 5.41) is 12.0. The minimum atomic E-state index is 0.909. The third-order valence-corrected chi connectivity index (χ3v) is 10.1. The van der Waals surface area contributed by atoms with Gasteiger partial charge in [-0.1, -0.05) is 115 Å². The molecule has 0 spiro atoms. The fourth-order valence-electron chi connectivity index (χ4n) is 8.13. The molecule has 0 bridgehead atoms. The fourth-order valence-corrected chi connectivity index (χ4v) is 8.13. The molecule has 0 aliphatic heterocycles. The number of rotatable bonds is 2. The van der Waals surface area contributed by atoms with E-state index >= 15 is 0 Å². The highest BCUT2D eigenvalue weighted by atomic mass is 16.3. The van der Waals surface area contributed by atoms with E-state index in [1.807, 2.05) is 6.07 Å². The van der Waals surface area contributed by atoms with Crippen molar-refractivity contribution in [3.8, 4) is 11.4 Å². The van der Waals surface area contributed by atoms with Crippen molar-refractivity contribution in [2.45, 2.75) is 0 Å². The predicted octanol–water partition coefficient (Wildman–Crippen LogP) is 12.1. The van der Waals surface area contributed by atoms with Gasteiger partial charge < -0.3 is 13.6 Å². The average molecular weight is 599 g/mol. The maximum atomic E-state index is 6.75. The number of para-hydroxylation sites is 3. The highest BCUT2D eigenvalue weighted by molar-refractivity contribution is 6.30. The van der Waals surface area contributed by atoms with E-state index in [1.54, 1.807) is 0 Å². The quantitative estimate of drug-likeness (QED) is 0.182. The number of aromatic nitrogens is 2. The molecule has 11 rings (SSSR count). The van der Waals surface area contributed by atoms with Crippen LogP contribution in [0.5, 0.6) is 0 Å². The molecule has 0 radical (unpaired) electrons. The molecule has 3 nitrogen and oxygen atoms in total. The number of fused-ring (bicyclic) bond motifs is 14. The van der Waals surface area contributed by atoms with Gasteiger partial charge in [0.25, 0.3) is 0 Å². The van der Waals surface area contributed by atoms with Crippen LogP contribution < -0.4 is 0 Å². The molecule has 0 fully saturated rings. The normalized spacial score (nSPS) is 12.3. The fraction of sp³-hybridized carbons (Fsp3) is 0. The van der Waals surface area contributed by atoms with Crippen molar-refractivity contribution < 1.29 is 4.42 Å². The van der Waals surface area contributed by atoms with E-state index in [0.29, 0.717) is 0 Å². The van der Waals surface area contributed by atoms with Gasteiger partial charge in [-0.3, -0.25) is 0 Å². The molecule has 0 unspecified atom stereocenters. The van der Waals surface area contributed by atoms with E-state index < -0.39 is 0 Å². The van der Waals surface area contributed by atoms with E-state index in [9.17, 15) is 0 Å². The van der Waals surface area contributed by atoms with Gasteiger partial charge in [-0.05, 0) is 58.6 Å². The second-order valence-electron chi connectivity index (χ2n) is 12.5. The summed E-state index contributed by atoms with van der Waals surface area (Å²) in [5.41, 5.74) is 8.82. The average Bonchev–Trinajstić information content (AvgIpc) is 3.79. The van der Waals surface area contributed by atoms with Crippen LogP contribution in [0.25, 0.3) is 98.5 Å². The topological polar surface area (TPSA) is 23.0 Å². The van der Waals surface area contributed by atoms with Gasteiger partial charge in [-0.25, -0.2) is 0 Å². The third kappa shape index (κ3) is 3.25. The summed E-state index contributed by atoms with van der Waals surface area (Å²) in [5.74, 6) is 0. The van der Waals surface area contributed by atoms with Crippen molar-refractivity contribution in [3.63, 3.8) is 0 Å². The zero-order chi connectivity index (χ0) is 30.6. The lowest BCUT2D eigenvalue weighted by molar-refractivity contribution is 0.673. The van der Waals surface area contributed by atoms with Crippen LogP contribution in [0.2, 0.25) is 0 Å². The molecule has 0 amide bonds. The molecular formula is C44H26N2O. The van der Waals surface area contributed by atoms with Crippen LogP contribution in [0.15, 0.2) is 162 Å². The lowest BCUT2D eigenvalue weighted by Crippen LogP contribution is -1.99. The Kier molecular flexibility index (Phi) is 4.84. The van der Waals surface area contributed by atoms with E-state index in [1.165, 1.54) is 54.3 Å². The van der Waals surface area contributed by atoms with E-state index in [0.717, 1.165) is 44.2 Å². The summed E-state index contributed by atoms with van der Waals surface area (Å²) in [6, 6.07) is 57.0. The van der Waals surface area contributed by atoms with Gasteiger partial charge in [-0.2, -0.15) is 0 Å². The SMILES string of the molecule is c1ccc(-n2c3ccccc3c3ccc4c5c6oc7ccccc7c6ccc5n(-c5cc6ccccc6c6ccccc56)c4c32)cc1. The molecule has 0 N–H and O–H groups in total. The van der Waals surface area contributed by atoms with Crippen LogP contribution in [0.3, 0.4) is 0 Å². The molecule has 3 heterocycles. The Morgan fingerprint density at radius 2 is 1.02 bits per heavy atom. The number of hydrogen-bond donors (Lipinski definition) is 0. The molecular weight excluding hydrogens is 572 g/mol. The molecule has 8 aromatic carbocycles. The lowest BCUT2D eigenvalue weighted by Gasteiger charge is -2.16. The number of benzene rings is 8. The van der Waals surface area contributed by atoms with Crippen LogP contribution >= 0.6 is 0 Å². The minimum absolute atomic E-state index is 0.909. The van der Waals surface area contributed by atoms with E-state index in [-0.39, 0.29) is 0 Å². The van der Waals surface area contributed by atoms with Gasteiger partial charge in [-0.15, -0.1) is 0 Å². The van der Waals surface area contributed by atoms with Gasteiger partial charge in [0.05, 0.1) is 33.1 Å². The first kappa shape index (κ1) is 24.9. The summed E-state index contributed by atoms with van der Waals surface area (Å²) in [4.78, 5) is 0. The van der Waals surface area contributed by atoms with Crippen molar-refractivity contribution in [2.75, 3.05) is 0 Å². The molecule has 218 valence electrons. The maximum absolute atomic E-state index is 6.75. The van der Waals surface area contributed by atoms with Crippen LogP contribution in [0.1, 0.15) is 0 Å². The monoisotopic (exact) mass is 598 g/mol. The van der Waals surface area contributed by atoms with Crippen molar-refractivity contribution in [1.82, 2.24) is 9.13 Å². The van der Waals surface area contributed by atoms with Gasteiger partial charge >= 0.3 is 0 Å². The highest BCUT2D eigenvalue weighted by Gasteiger charge is 2.25. The summed E-state index contributed by atoms with van der Waals surface area (Å²) in [6.07, 6.45) is 0. The lowest BCUT2D eigenvalue weighted by atomic mass is 10.00. The first-order valence-corrected chi connectivity index (χ1v) is 16.1. The van der Waals surface area contributed by atoms with Crippen LogP contribution in [-0.2, 0) is 0 Å². The van der Waals surface area contributed by atoms with Crippen LogP contribution in [0.4, 0.5) is 0 Å². The Labute approximate surface area is 269 Å². The Balaban J connectivity index is 1.45. The minimum Gasteiger partial charge on any atom is -0.455 e. The molecule has 3 aromatic heterocycles. The van der Waals surface area contributed by atoms with E-state index in [4.69, 9.17) is 4.42 Å². The Bertz CT molecular complexity index is 3070. The van der Waals surface area contributed by atoms with Crippen molar-refractivity contribution in [2.24, 2.45) is 0 Å². The largest absolute Gasteiger partial charge is 0.455 e. The smallest absolute Gasteiger partial charge is 0.145 e.